The van der Waals surface area contributed by atoms with E-state index >= 15 is 0 Å². The Labute approximate surface area is 54.8 Å². The summed E-state index contributed by atoms with van der Waals surface area (Å²) in [5.41, 5.74) is 0.174. The van der Waals surface area contributed by atoms with Crippen molar-refractivity contribution in [1.82, 2.24) is 0 Å². The highest BCUT2D eigenvalue weighted by atomic mass is 16.6. The second-order valence-corrected chi connectivity index (χ2v) is 3.30. The average molecular weight is 128 g/mol. The Bertz CT molecular complexity index is 135. The van der Waals surface area contributed by atoms with E-state index < -0.39 is 0 Å². The lowest BCUT2D eigenvalue weighted by atomic mass is 9.63. The van der Waals surface area contributed by atoms with Gasteiger partial charge in [-0.1, -0.05) is 0 Å². The zero-order chi connectivity index (χ0) is 6.48. The second kappa shape index (κ2) is 1.50. The van der Waals surface area contributed by atoms with Crippen LogP contribution in [0.25, 0.3) is 0 Å². The maximum absolute atomic E-state index is 8.70. The molecule has 1 N–H and O–H groups in total. The van der Waals surface area contributed by atoms with E-state index in [0.29, 0.717) is 5.92 Å². The van der Waals surface area contributed by atoms with Crippen LogP contribution in [-0.2, 0) is 4.74 Å². The number of aliphatic hydroxyl groups is 1. The Morgan fingerprint density at radius 1 is 1.78 bits per heavy atom. The Hall–Kier alpha value is -0.0800. The number of hydrogen-bond acceptors (Lipinski definition) is 2. The Kier molecular flexibility index (Phi) is 0.945. The van der Waals surface area contributed by atoms with Gasteiger partial charge in [0.2, 0.25) is 0 Å². The van der Waals surface area contributed by atoms with Gasteiger partial charge in [-0.2, -0.15) is 0 Å². The molecule has 0 aromatic heterocycles. The molecule has 1 saturated heterocycles. The molecule has 1 aliphatic carbocycles. The minimum absolute atomic E-state index is 0.170. The average Bonchev–Trinajstić information content (AvgIpc) is 1.85. The van der Waals surface area contributed by atoms with Crippen molar-refractivity contribution in [1.29, 1.82) is 0 Å². The van der Waals surface area contributed by atoms with Gasteiger partial charge in [0.25, 0.3) is 0 Å². The van der Waals surface area contributed by atoms with Crippen LogP contribution in [0.2, 0.25) is 0 Å². The lowest BCUT2D eigenvalue weighted by molar-refractivity contribution is -0.311. The summed E-state index contributed by atoms with van der Waals surface area (Å²) in [6.07, 6.45) is 2.61. The van der Waals surface area contributed by atoms with Crippen molar-refractivity contribution in [2.45, 2.75) is 31.5 Å². The molecule has 0 spiro atoms. The van der Waals surface area contributed by atoms with Crippen molar-refractivity contribution in [2.75, 3.05) is 6.61 Å². The van der Waals surface area contributed by atoms with Gasteiger partial charge in [0, 0.05) is 5.92 Å². The summed E-state index contributed by atoms with van der Waals surface area (Å²) in [7, 11) is 0. The normalized spacial score (nSPS) is 55.3. The molecule has 52 valence electrons. The molecule has 2 aliphatic rings. The Morgan fingerprint density at radius 2 is 2.56 bits per heavy atom. The zero-order valence-electron chi connectivity index (χ0n) is 5.63. The van der Waals surface area contributed by atoms with E-state index in [2.05, 4.69) is 6.92 Å². The van der Waals surface area contributed by atoms with Crippen molar-refractivity contribution >= 4 is 0 Å². The van der Waals surface area contributed by atoms with E-state index in [4.69, 9.17) is 9.84 Å². The number of fused-ring (bicyclic) bond motifs is 1. The van der Waals surface area contributed by atoms with Crippen molar-refractivity contribution < 1.29 is 9.84 Å². The first-order chi connectivity index (χ1) is 4.26. The summed E-state index contributed by atoms with van der Waals surface area (Å²) in [5, 5.41) is 8.70. The fourth-order valence-corrected chi connectivity index (χ4v) is 1.96. The topological polar surface area (TPSA) is 29.5 Å². The second-order valence-electron chi connectivity index (χ2n) is 3.30. The smallest absolute Gasteiger partial charge is 0.0868 e. The fourth-order valence-electron chi connectivity index (χ4n) is 1.96. The van der Waals surface area contributed by atoms with E-state index in [9.17, 15) is 0 Å². The van der Waals surface area contributed by atoms with Crippen LogP contribution >= 0.6 is 0 Å². The maximum Gasteiger partial charge on any atom is 0.0868 e. The number of rotatable bonds is 1. The highest BCUT2D eigenvalue weighted by Gasteiger charge is 2.57. The lowest BCUT2D eigenvalue weighted by Crippen LogP contribution is -2.65. The van der Waals surface area contributed by atoms with Crippen LogP contribution in [0.5, 0.6) is 0 Å². The van der Waals surface area contributed by atoms with Crippen LogP contribution in [0, 0.1) is 5.92 Å². The van der Waals surface area contributed by atoms with Crippen LogP contribution in [0.1, 0.15) is 19.8 Å². The molecule has 0 aromatic carbocycles. The van der Waals surface area contributed by atoms with Crippen LogP contribution < -0.4 is 0 Å². The summed E-state index contributed by atoms with van der Waals surface area (Å²) < 4.78 is 5.42. The van der Waals surface area contributed by atoms with Gasteiger partial charge < -0.3 is 9.84 Å². The van der Waals surface area contributed by atoms with Gasteiger partial charge >= 0.3 is 0 Å². The van der Waals surface area contributed by atoms with Gasteiger partial charge in [0.1, 0.15) is 0 Å². The van der Waals surface area contributed by atoms with Crippen molar-refractivity contribution in [3.8, 4) is 0 Å². The molecule has 9 heavy (non-hydrogen) atoms. The third-order valence-corrected chi connectivity index (χ3v) is 2.79. The first-order valence-corrected chi connectivity index (χ1v) is 3.55. The van der Waals surface area contributed by atoms with Crippen molar-refractivity contribution in [3.05, 3.63) is 0 Å². The van der Waals surface area contributed by atoms with Crippen LogP contribution in [0.3, 0.4) is 0 Å². The number of ether oxygens (including phenoxy) is 1. The van der Waals surface area contributed by atoms with Gasteiger partial charge in [0.15, 0.2) is 0 Å². The predicted octanol–water partition coefficient (Wildman–Crippen LogP) is 0.546. The SMILES string of the molecule is C[C@]12CC[C@H]1C(CO)O2. The molecule has 0 aromatic rings. The predicted molar refractivity (Wildman–Crippen MR) is 33.1 cm³/mol. The quantitative estimate of drug-likeness (QED) is 0.558. The molecule has 2 heteroatoms. The van der Waals surface area contributed by atoms with E-state index in [1.807, 2.05) is 0 Å². The van der Waals surface area contributed by atoms with Crippen molar-refractivity contribution in [3.63, 3.8) is 0 Å². The monoisotopic (exact) mass is 128 g/mol. The summed E-state index contributed by atoms with van der Waals surface area (Å²) in [6.45, 7) is 2.34. The van der Waals surface area contributed by atoms with E-state index in [0.717, 1.165) is 0 Å². The highest BCUT2D eigenvalue weighted by molar-refractivity contribution is 5.06. The highest BCUT2D eigenvalue weighted by Crippen LogP contribution is 2.53. The van der Waals surface area contributed by atoms with E-state index in [-0.39, 0.29) is 18.3 Å². The first kappa shape index (κ1) is 5.69. The molecule has 2 nitrogen and oxygen atoms in total. The number of hydrogen-bond donors (Lipinski definition) is 1. The van der Waals surface area contributed by atoms with Crippen LogP contribution in [-0.4, -0.2) is 23.4 Å². The van der Waals surface area contributed by atoms with E-state index in [1.165, 1.54) is 12.8 Å². The summed E-state index contributed by atoms with van der Waals surface area (Å²) in [4.78, 5) is 0. The minimum atomic E-state index is 0.170. The van der Waals surface area contributed by atoms with Crippen LogP contribution in [0.15, 0.2) is 0 Å². The third-order valence-electron chi connectivity index (χ3n) is 2.79. The maximum atomic E-state index is 8.70. The molecule has 1 unspecified atom stereocenters. The Morgan fingerprint density at radius 3 is 2.67 bits per heavy atom. The van der Waals surface area contributed by atoms with Gasteiger partial charge in [-0.05, 0) is 19.8 Å². The summed E-state index contributed by atoms with van der Waals surface area (Å²) >= 11 is 0. The molecule has 2 rings (SSSR count). The summed E-state index contributed by atoms with van der Waals surface area (Å²) in [6, 6.07) is 0. The van der Waals surface area contributed by atoms with Gasteiger partial charge in [-0.15, -0.1) is 0 Å². The van der Waals surface area contributed by atoms with Crippen LogP contribution in [0.4, 0.5) is 0 Å². The minimum Gasteiger partial charge on any atom is -0.394 e. The molecular formula is C7H12O2. The Balaban J connectivity index is 1.98. The number of aliphatic hydroxyl groups excluding tert-OH is 1. The largest absolute Gasteiger partial charge is 0.394 e. The van der Waals surface area contributed by atoms with Gasteiger partial charge in [0.05, 0.1) is 18.3 Å². The molecule has 1 heterocycles. The molecular weight excluding hydrogens is 116 g/mol. The lowest BCUT2D eigenvalue weighted by Gasteiger charge is -2.60. The molecule has 3 atom stereocenters. The summed E-state index contributed by atoms with van der Waals surface area (Å²) in [5.74, 6) is 0.669. The standard InChI is InChI=1S/C7H12O2/c1-7-3-2-5(7)6(4-8)9-7/h5-6,8H,2-4H2,1H3/t5-,6?,7-/m0/s1. The molecule has 2 fully saturated rings. The fraction of sp³-hybridized carbons (Fsp3) is 1.00. The molecule has 0 radical (unpaired) electrons. The molecule has 0 bridgehead atoms. The van der Waals surface area contributed by atoms with E-state index in [1.54, 1.807) is 0 Å². The zero-order valence-corrected chi connectivity index (χ0v) is 5.63. The first-order valence-electron chi connectivity index (χ1n) is 3.55. The molecule has 1 aliphatic heterocycles. The van der Waals surface area contributed by atoms with Gasteiger partial charge in [-0.25, -0.2) is 0 Å². The molecule has 0 amide bonds. The van der Waals surface area contributed by atoms with Gasteiger partial charge in [-0.3, -0.25) is 0 Å². The third kappa shape index (κ3) is 0.528. The molecule has 1 saturated carbocycles. The van der Waals surface area contributed by atoms with Crippen molar-refractivity contribution in [2.24, 2.45) is 5.92 Å².